The molecule has 6 heteroatoms. The minimum absolute atomic E-state index is 0.181. The number of ether oxygens (including phenoxy) is 1. The summed E-state index contributed by atoms with van der Waals surface area (Å²) in [6.07, 6.45) is 3.18. The molecule has 1 aliphatic heterocycles. The highest BCUT2D eigenvalue weighted by Gasteiger charge is 2.24. The standard InChI is InChI=1S/C13H25N3O3/c1-2-19-13(18)16-10-8-15(9-11-16)12(17)6-4-3-5-7-14/h2-11,14H2,1H3. The second-order valence-corrected chi connectivity index (χ2v) is 4.67. The highest BCUT2D eigenvalue weighted by atomic mass is 16.6. The molecular weight excluding hydrogens is 246 g/mol. The molecule has 2 N–H and O–H groups in total. The van der Waals surface area contributed by atoms with Crippen LogP contribution in [0.3, 0.4) is 0 Å². The van der Waals surface area contributed by atoms with Crippen LogP contribution >= 0.6 is 0 Å². The predicted octanol–water partition coefficient (Wildman–Crippen LogP) is 0.806. The third-order valence-corrected chi connectivity index (χ3v) is 3.25. The Labute approximate surface area is 114 Å². The summed E-state index contributed by atoms with van der Waals surface area (Å²) >= 11 is 0. The number of piperazine rings is 1. The van der Waals surface area contributed by atoms with Crippen molar-refractivity contribution in [3.05, 3.63) is 0 Å². The molecule has 0 spiro atoms. The van der Waals surface area contributed by atoms with Gasteiger partial charge in [0.25, 0.3) is 0 Å². The second-order valence-electron chi connectivity index (χ2n) is 4.67. The highest BCUT2D eigenvalue weighted by molar-refractivity contribution is 5.76. The van der Waals surface area contributed by atoms with E-state index in [1.54, 1.807) is 11.8 Å². The van der Waals surface area contributed by atoms with E-state index >= 15 is 0 Å². The Hall–Kier alpha value is -1.30. The van der Waals surface area contributed by atoms with Crippen LogP contribution in [0.5, 0.6) is 0 Å². The van der Waals surface area contributed by atoms with Crippen molar-refractivity contribution >= 4 is 12.0 Å². The number of nitrogens with two attached hydrogens (primary N) is 1. The molecule has 1 aliphatic rings. The van der Waals surface area contributed by atoms with Crippen LogP contribution in [-0.4, -0.2) is 61.1 Å². The first-order chi connectivity index (χ1) is 9.19. The maximum absolute atomic E-state index is 11.9. The van der Waals surface area contributed by atoms with E-state index in [1.807, 2.05) is 4.90 Å². The van der Waals surface area contributed by atoms with Crippen LogP contribution in [0, 0.1) is 0 Å². The van der Waals surface area contributed by atoms with Gasteiger partial charge in [-0.15, -0.1) is 0 Å². The Bertz CT molecular complexity index is 289. The van der Waals surface area contributed by atoms with Crippen LogP contribution in [0.2, 0.25) is 0 Å². The van der Waals surface area contributed by atoms with Gasteiger partial charge >= 0.3 is 6.09 Å². The number of carbonyl (C=O) groups is 2. The normalized spacial score (nSPS) is 15.5. The fourth-order valence-electron chi connectivity index (χ4n) is 2.11. The van der Waals surface area contributed by atoms with E-state index in [0.717, 1.165) is 19.3 Å². The first-order valence-corrected chi connectivity index (χ1v) is 7.08. The van der Waals surface area contributed by atoms with Crippen molar-refractivity contribution in [1.82, 2.24) is 9.80 Å². The Morgan fingerprint density at radius 3 is 2.26 bits per heavy atom. The zero-order chi connectivity index (χ0) is 14.1. The lowest BCUT2D eigenvalue weighted by molar-refractivity contribution is -0.132. The molecule has 0 aliphatic carbocycles. The second kappa shape index (κ2) is 8.74. The third kappa shape index (κ3) is 5.46. The van der Waals surface area contributed by atoms with Gasteiger partial charge < -0.3 is 20.3 Å². The average molecular weight is 271 g/mol. The number of carbonyl (C=O) groups excluding carboxylic acids is 2. The monoisotopic (exact) mass is 271 g/mol. The van der Waals surface area contributed by atoms with E-state index in [4.69, 9.17) is 10.5 Å². The van der Waals surface area contributed by atoms with Gasteiger partial charge in [0.1, 0.15) is 0 Å². The van der Waals surface area contributed by atoms with Gasteiger partial charge in [0.05, 0.1) is 6.61 Å². The largest absolute Gasteiger partial charge is 0.450 e. The zero-order valence-electron chi connectivity index (χ0n) is 11.8. The van der Waals surface area contributed by atoms with E-state index in [2.05, 4.69) is 0 Å². The molecule has 0 radical (unpaired) electrons. The molecule has 1 saturated heterocycles. The Balaban J connectivity index is 2.21. The quantitative estimate of drug-likeness (QED) is 0.725. The molecule has 19 heavy (non-hydrogen) atoms. The molecule has 0 aromatic heterocycles. The molecule has 0 bridgehead atoms. The van der Waals surface area contributed by atoms with Crippen molar-refractivity contribution in [1.29, 1.82) is 0 Å². The molecule has 0 atom stereocenters. The van der Waals surface area contributed by atoms with Crippen molar-refractivity contribution in [3.63, 3.8) is 0 Å². The van der Waals surface area contributed by atoms with Crippen LogP contribution in [-0.2, 0) is 9.53 Å². The average Bonchev–Trinajstić information content (AvgIpc) is 2.44. The Kier molecular flexibility index (Phi) is 7.25. The number of unbranched alkanes of at least 4 members (excludes halogenated alkanes) is 2. The molecule has 6 nitrogen and oxygen atoms in total. The van der Waals surface area contributed by atoms with Gasteiger partial charge in [0.15, 0.2) is 0 Å². The molecule has 0 aromatic rings. The first-order valence-electron chi connectivity index (χ1n) is 7.08. The number of hydrogen-bond donors (Lipinski definition) is 1. The first kappa shape index (κ1) is 15.8. The van der Waals surface area contributed by atoms with E-state index < -0.39 is 0 Å². The van der Waals surface area contributed by atoms with E-state index in [-0.39, 0.29) is 12.0 Å². The fraction of sp³-hybridized carbons (Fsp3) is 0.846. The molecular formula is C13H25N3O3. The van der Waals surface area contributed by atoms with Crippen molar-refractivity contribution in [2.24, 2.45) is 5.73 Å². The van der Waals surface area contributed by atoms with Crippen LogP contribution in [0.4, 0.5) is 4.79 Å². The van der Waals surface area contributed by atoms with Gasteiger partial charge in [-0.05, 0) is 26.3 Å². The van der Waals surface area contributed by atoms with E-state index in [9.17, 15) is 9.59 Å². The summed E-state index contributed by atoms with van der Waals surface area (Å²) in [6.45, 7) is 5.20. The molecule has 0 unspecified atom stereocenters. The summed E-state index contributed by atoms with van der Waals surface area (Å²) in [7, 11) is 0. The van der Waals surface area contributed by atoms with Crippen molar-refractivity contribution < 1.29 is 14.3 Å². The SMILES string of the molecule is CCOC(=O)N1CCN(C(=O)CCCCCN)CC1. The predicted molar refractivity (Wildman–Crippen MR) is 72.7 cm³/mol. The highest BCUT2D eigenvalue weighted by Crippen LogP contribution is 2.08. The Morgan fingerprint density at radius 2 is 1.68 bits per heavy atom. The molecule has 0 aromatic carbocycles. The van der Waals surface area contributed by atoms with Crippen LogP contribution in [0.15, 0.2) is 0 Å². The lowest BCUT2D eigenvalue weighted by Crippen LogP contribution is -2.50. The lowest BCUT2D eigenvalue weighted by Gasteiger charge is -2.34. The number of rotatable bonds is 6. The van der Waals surface area contributed by atoms with Crippen LogP contribution in [0.1, 0.15) is 32.6 Å². The summed E-state index contributed by atoms with van der Waals surface area (Å²) in [5, 5.41) is 0. The van der Waals surface area contributed by atoms with Gasteiger partial charge in [0, 0.05) is 32.6 Å². The zero-order valence-corrected chi connectivity index (χ0v) is 11.8. The summed E-state index contributed by atoms with van der Waals surface area (Å²) in [5.74, 6) is 0.181. The van der Waals surface area contributed by atoms with Crippen molar-refractivity contribution in [3.8, 4) is 0 Å². The van der Waals surface area contributed by atoms with Gasteiger partial charge in [-0.25, -0.2) is 4.79 Å². The fourth-order valence-corrected chi connectivity index (χ4v) is 2.11. The minimum Gasteiger partial charge on any atom is -0.450 e. The van der Waals surface area contributed by atoms with E-state index in [0.29, 0.717) is 45.8 Å². The maximum Gasteiger partial charge on any atom is 0.409 e. The van der Waals surface area contributed by atoms with Gasteiger partial charge in [-0.1, -0.05) is 6.42 Å². The molecule has 0 saturated carbocycles. The Morgan fingerprint density at radius 1 is 1.05 bits per heavy atom. The number of amides is 2. The number of nitrogens with zero attached hydrogens (tertiary/aromatic N) is 2. The summed E-state index contributed by atoms with van der Waals surface area (Å²) < 4.78 is 4.94. The molecule has 2 amide bonds. The molecule has 1 heterocycles. The van der Waals surface area contributed by atoms with Crippen LogP contribution in [0.25, 0.3) is 0 Å². The van der Waals surface area contributed by atoms with Gasteiger partial charge in [-0.3, -0.25) is 4.79 Å². The molecule has 1 fully saturated rings. The topological polar surface area (TPSA) is 75.9 Å². The van der Waals surface area contributed by atoms with Crippen molar-refractivity contribution in [2.45, 2.75) is 32.6 Å². The summed E-state index contributed by atoms with van der Waals surface area (Å²) in [6, 6.07) is 0. The number of hydrogen-bond acceptors (Lipinski definition) is 4. The lowest BCUT2D eigenvalue weighted by atomic mass is 10.1. The van der Waals surface area contributed by atoms with E-state index in [1.165, 1.54) is 0 Å². The molecule has 110 valence electrons. The smallest absolute Gasteiger partial charge is 0.409 e. The van der Waals surface area contributed by atoms with Gasteiger partial charge in [0.2, 0.25) is 5.91 Å². The molecule has 1 rings (SSSR count). The van der Waals surface area contributed by atoms with Crippen molar-refractivity contribution in [2.75, 3.05) is 39.3 Å². The summed E-state index contributed by atoms with van der Waals surface area (Å²) in [4.78, 5) is 26.9. The van der Waals surface area contributed by atoms with Gasteiger partial charge in [-0.2, -0.15) is 0 Å². The third-order valence-electron chi connectivity index (χ3n) is 3.25. The maximum atomic E-state index is 11.9. The summed E-state index contributed by atoms with van der Waals surface area (Å²) in [5.41, 5.74) is 5.41. The van der Waals surface area contributed by atoms with Crippen LogP contribution < -0.4 is 5.73 Å². The minimum atomic E-state index is -0.280.